The standard InChI is InChI=1S/C15H12FN3O3S/c16-11-3-5-12(6-4-11)23(20,21)19-10-13-15(18-8-7-17-13)14-2-1-9-22-14/h1-9,19H,10H2. The van der Waals surface area contributed by atoms with Gasteiger partial charge in [0.15, 0.2) is 5.76 Å². The highest BCUT2D eigenvalue weighted by molar-refractivity contribution is 7.89. The van der Waals surface area contributed by atoms with Crippen LogP contribution >= 0.6 is 0 Å². The van der Waals surface area contributed by atoms with E-state index in [0.717, 1.165) is 12.1 Å². The maximum Gasteiger partial charge on any atom is 0.240 e. The molecule has 1 N–H and O–H groups in total. The van der Waals surface area contributed by atoms with Crippen LogP contribution in [-0.4, -0.2) is 18.4 Å². The minimum Gasteiger partial charge on any atom is -0.463 e. The van der Waals surface area contributed by atoms with Crippen LogP contribution in [0, 0.1) is 5.82 Å². The fourth-order valence-corrected chi connectivity index (χ4v) is 2.96. The van der Waals surface area contributed by atoms with Gasteiger partial charge < -0.3 is 4.42 Å². The lowest BCUT2D eigenvalue weighted by Crippen LogP contribution is -2.24. The molecule has 23 heavy (non-hydrogen) atoms. The molecule has 2 heterocycles. The van der Waals surface area contributed by atoms with Crippen molar-refractivity contribution in [2.45, 2.75) is 11.4 Å². The first kappa shape index (κ1) is 15.3. The van der Waals surface area contributed by atoms with Crippen molar-refractivity contribution in [1.29, 1.82) is 0 Å². The molecule has 3 rings (SSSR count). The van der Waals surface area contributed by atoms with Gasteiger partial charge in [-0.1, -0.05) is 0 Å². The van der Waals surface area contributed by atoms with Crippen LogP contribution in [0.1, 0.15) is 5.69 Å². The van der Waals surface area contributed by atoms with Crippen molar-refractivity contribution in [2.75, 3.05) is 0 Å². The number of benzene rings is 1. The van der Waals surface area contributed by atoms with E-state index in [0.29, 0.717) is 17.1 Å². The van der Waals surface area contributed by atoms with Gasteiger partial charge >= 0.3 is 0 Å². The molecule has 1 aromatic carbocycles. The van der Waals surface area contributed by atoms with Crippen LogP contribution in [0.5, 0.6) is 0 Å². The summed E-state index contributed by atoms with van der Waals surface area (Å²) in [4.78, 5) is 8.28. The van der Waals surface area contributed by atoms with Crippen LogP contribution in [0.15, 0.2) is 64.4 Å². The van der Waals surface area contributed by atoms with Crippen LogP contribution < -0.4 is 4.72 Å². The quantitative estimate of drug-likeness (QED) is 0.775. The Labute approximate surface area is 132 Å². The lowest BCUT2D eigenvalue weighted by atomic mass is 10.2. The summed E-state index contributed by atoms with van der Waals surface area (Å²) < 4.78 is 45.0. The number of sulfonamides is 1. The number of nitrogens with zero attached hydrogens (tertiary/aromatic N) is 2. The maximum absolute atomic E-state index is 12.9. The SMILES string of the molecule is O=S(=O)(NCc1nccnc1-c1ccco1)c1ccc(F)cc1. The molecule has 0 unspecified atom stereocenters. The van der Waals surface area contributed by atoms with E-state index in [1.54, 1.807) is 12.1 Å². The molecule has 0 bridgehead atoms. The maximum atomic E-state index is 12.9. The molecular weight excluding hydrogens is 321 g/mol. The molecule has 8 heteroatoms. The van der Waals surface area contributed by atoms with Gasteiger partial charge in [-0.25, -0.2) is 22.5 Å². The summed E-state index contributed by atoms with van der Waals surface area (Å²) in [5.74, 6) is -0.00735. The molecule has 0 saturated carbocycles. The van der Waals surface area contributed by atoms with E-state index >= 15 is 0 Å². The second kappa shape index (κ2) is 6.27. The largest absolute Gasteiger partial charge is 0.463 e. The third kappa shape index (κ3) is 3.43. The Morgan fingerprint density at radius 1 is 1.09 bits per heavy atom. The van der Waals surface area contributed by atoms with E-state index in [9.17, 15) is 12.8 Å². The van der Waals surface area contributed by atoms with Crippen molar-refractivity contribution in [2.24, 2.45) is 0 Å². The van der Waals surface area contributed by atoms with Crippen molar-refractivity contribution in [3.63, 3.8) is 0 Å². The van der Waals surface area contributed by atoms with Crippen LogP contribution in [0.2, 0.25) is 0 Å². The van der Waals surface area contributed by atoms with Crippen LogP contribution in [0.25, 0.3) is 11.5 Å². The molecular formula is C15H12FN3O3S. The molecule has 0 aliphatic carbocycles. The van der Waals surface area contributed by atoms with E-state index in [1.807, 2.05) is 0 Å². The highest BCUT2D eigenvalue weighted by Crippen LogP contribution is 2.20. The van der Waals surface area contributed by atoms with Gasteiger partial charge in [0.1, 0.15) is 11.5 Å². The van der Waals surface area contributed by atoms with Crippen LogP contribution in [0.4, 0.5) is 4.39 Å². The molecule has 0 saturated heterocycles. The lowest BCUT2D eigenvalue weighted by Gasteiger charge is -2.08. The van der Waals surface area contributed by atoms with Gasteiger partial charge in [-0.3, -0.25) is 4.98 Å². The molecule has 0 fully saturated rings. The Balaban J connectivity index is 1.82. The molecule has 0 atom stereocenters. The first-order chi connectivity index (χ1) is 11.1. The second-order valence-electron chi connectivity index (χ2n) is 4.61. The molecule has 0 spiro atoms. The predicted molar refractivity (Wildman–Crippen MR) is 80.2 cm³/mol. The monoisotopic (exact) mass is 333 g/mol. The predicted octanol–water partition coefficient (Wildman–Crippen LogP) is 2.35. The smallest absolute Gasteiger partial charge is 0.240 e. The first-order valence-electron chi connectivity index (χ1n) is 6.65. The average Bonchev–Trinajstić information content (AvgIpc) is 3.08. The second-order valence-corrected chi connectivity index (χ2v) is 6.37. The average molecular weight is 333 g/mol. The third-order valence-electron chi connectivity index (χ3n) is 3.08. The van der Waals surface area contributed by atoms with Crippen molar-refractivity contribution in [3.8, 4) is 11.5 Å². The van der Waals surface area contributed by atoms with E-state index in [2.05, 4.69) is 14.7 Å². The Hall–Kier alpha value is -2.58. The number of furan rings is 1. The van der Waals surface area contributed by atoms with Gasteiger partial charge in [-0.05, 0) is 36.4 Å². The van der Waals surface area contributed by atoms with E-state index in [4.69, 9.17) is 4.42 Å². The van der Waals surface area contributed by atoms with Crippen LogP contribution in [-0.2, 0) is 16.6 Å². The molecule has 6 nitrogen and oxygen atoms in total. The Morgan fingerprint density at radius 2 is 1.83 bits per heavy atom. The van der Waals surface area contributed by atoms with Gasteiger partial charge in [0.25, 0.3) is 0 Å². The summed E-state index contributed by atoms with van der Waals surface area (Å²) in [7, 11) is -3.78. The van der Waals surface area contributed by atoms with Gasteiger partial charge in [-0.15, -0.1) is 0 Å². The molecule has 0 aliphatic heterocycles. The molecule has 2 aromatic heterocycles. The van der Waals surface area contributed by atoms with E-state index < -0.39 is 15.8 Å². The summed E-state index contributed by atoms with van der Waals surface area (Å²) in [5.41, 5.74) is 0.882. The lowest BCUT2D eigenvalue weighted by molar-refractivity contribution is 0.573. The fourth-order valence-electron chi connectivity index (χ4n) is 1.98. The van der Waals surface area contributed by atoms with E-state index in [-0.39, 0.29) is 11.4 Å². The number of hydrogen-bond donors (Lipinski definition) is 1. The van der Waals surface area contributed by atoms with Gasteiger partial charge in [0, 0.05) is 12.4 Å². The number of rotatable bonds is 5. The zero-order chi connectivity index (χ0) is 16.3. The zero-order valence-corrected chi connectivity index (χ0v) is 12.6. The molecule has 118 valence electrons. The number of nitrogens with one attached hydrogen (secondary N) is 1. The Bertz CT molecular complexity index is 894. The molecule has 3 aromatic rings. The Morgan fingerprint density at radius 3 is 2.52 bits per heavy atom. The number of halogens is 1. The van der Waals surface area contributed by atoms with E-state index in [1.165, 1.54) is 30.8 Å². The van der Waals surface area contributed by atoms with Crippen molar-refractivity contribution < 1.29 is 17.2 Å². The topological polar surface area (TPSA) is 85.1 Å². The normalized spacial score (nSPS) is 11.5. The zero-order valence-electron chi connectivity index (χ0n) is 11.8. The first-order valence-corrected chi connectivity index (χ1v) is 8.13. The van der Waals surface area contributed by atoms with Crippen molar-refractivity contribution in [1.82, 2.24) is 14.7 Å². The summed E-state index contributed by atoms with van der Waals surface area (Å²) in [6, 6.07) is 7.98. The van der Waals surface area contributed by atoms with Gasteiger partial charge in [0.05, 0.1) is 23.4 Å². The van der Waals surface area contributed by atoms with Crippen LogP contribution in [0.3, 0.4) is 0 Å². The molecule has 0 amide bonds. The minimum atomic E-state index is -3.78. The summed E-state index contributed by atoms with van der Waals surface area (Å²) >= 11 is 0. The highest BCUT2D eigenvalue weighted by atomic mass is 32.2. The summed E-state index contributed by atoms with van der Waals surface area (Å²) in [5, 5.41) is 0. The summed E-state index contributed by atoms with van der Waals surface area (Å²) in [6.07, 6.45) is 4.46. The van der Waals surface area contributed by atoms with Gasteiger partial charge in [-0.2, -0.15) is 0 Å². The fraction of sp³-hybridized carbons (Fsp3) is 0.0667. The van der Waals surface area contributed by atoms with Crippen molar-refractivity contribution in [3.05, 3.63) is 66.6 Å². The van der Waals surface area contributed by atoms with Crippen molar-refractivity contribution >= 4 is 10.0 Å². The molecule has 0 aliphatic rings. The van der Waals surface area contributed by atoms with Gasteiger partial charge in [0.2, 0.25) is 10.0 Å². The number of hydrogen-bond acceptors (Lipinski definition) is 5. The minimum absolute atomic E-state index is 0.0256. The Kier molecular flexibility index (Phi) is 4.18. The summed E-state index contributed by atoms with van der Waals surface area (Å²) in [6.45, 7) is -0.0659. The third-order valence-corrected chi connectivity index (χ3v) is 4.50. The molecule has 0 radical (unpaired) electrons. The highest BCUT2D eigenvalue weighted by Gasteiger charge is 2.16. The number of aromatic nitrogens is 2.